The van der Waals surface area contributed by atoms with Gasteiger partial charge in [-0.1, -0.05) is 20.8 Å². The number of rotatable bonds is 10. The molecule has 1 aliphatic rings. The highest BCUT2D eigenvalue weighted by molar-refractivity contribution is 7.89. The predicted molar refractivity (Wildman–Crippen MR) is 98.8 cm³/mol. The molecule has 0 heterocycles. The summed E-state index contributed by atoms with van der Waals surface area (Å²) in [5, 5.41) is 8.91. The average Bonchev–Trinajstić information content (AvgIpc) is 2.54. The van der Waals surface area contributed by atoms with Crippen LogP contribution in [0.25, 0.3) is 0 Å². The third kappa shape index (κ3) is 5.69. The van der Waals surface area contributed by atoms with Crippen molar-refractivity contribution in [3.05, 3.63) is 24.3 Å². The number of hydrogen-bond acceptors (Lipinski definition) is 5. The standard InChI is InChI=1S/C18H28N2O5S/c1-4-20(11-18(21)22)15-9-14(10-15)19-26(23,24)17-7-5-16(6-8-17)25-12-13(2)3/h5-8,13-15,19H,4,9-12H2,1-3H3,(H,21,22). The zero-order chi connectivity index (χ0) is 19.3. The lowest BCUT2D eigenvalue weighted by molar-refractivity contribution is -0.139. The van der Waals surface area contributed by atoms with E-state index in [1.54, 1.807) is 12.1 Å². The van der Waals surface area contributed by atoms with E-state index >= 15 is 0 Å². The van der Waals surface area contributed by atoms with Crippen LogP contribution in [0.5, 0.6) is 5.75 Å². The van der Waals surface area contributed by atoms with Crippen LogP contribution in [0.3, 0.4) is 0 Å². The average molecular weight is 384 g/mol. The number of nitrogens with one attached hydrogen (secondary N) is 1. The topological polar surface area (TPSA) is 95.9 Å². The molecule has 146 valence electrons. The zero-order valence-corrected chi connectivity index (χ0v) is 16.3. The Morgan fingerprint density at radius 2 is 1.92 bits per heavy atom. The molecule has 1 fully saturated rings. The molecule has 0 saturated heterocycles. The molecular weight excluding hydrogens is 356 g/mol. The van der Waals surface area contributed by atoms with Crippen molar-refractivity contribution in [2.45, 2.75) is 50.6 Å². The Hall–Kier alpha value is -1.64. The lowest BCUT2D eigenvalue weighted by Crippen LogP contribution is -2.54. The maximum absolute atomic E-state index is 12.5. The van der Waals surface area contributed by atoms with Crippen LogP contribution in [-0.2, 0) is 14.8 Å². The Balaban J connectivity index is 1.88. The minimum atomic E-state index is -3.59. The number of hydrogen-bond donors (Lipinski definition) is 2. The summed E-state index contributed by atoms with van der Waals surface area (Å²) >= 11 is 0. The van der Waals surface area contributed by atoms with E-state index in [9.17, 15) is 13.2 Å². The summed E-state index contributed by atoms with van der Waals surface area (Å²) in [7, 11) is -3.59. The Morgan fingerprint density at radius 1 is 1.31 bits per heavy atom. The first-order valence-electron chi connectivity index (χ1n) is 8.92. The summed E-state index contributed by atoms with van der Waals surface area (Å²) in [6, 6.07) is 6.34. The van der Waals surface area contributed by atoms with Crippen molar-refractivity contribution in [3.8, 4) is 5.75 Å². The molecule has 0 amide bonds. The summed E-state index contributed by atoms with van der Waals surface area (Å²) in [6.07, 6.45) is 1.24. The van der Waals surface area contributed by atoms with Crippen molar-refractivity contribution in [1.82, 2.24) is 9.62 Å². The van der Waals surface area contributed by atoms with Crippen molar-refractivity contribution in [2.24, 2.45) is 5.92 Å². The number of carboxylic acids is 1. The van der Waals surface area contributed by atoms with Crippen LogP contribution in [-0.4, -0.2) is 56.2 Å². The molecule has 2 rings (SSSR count). The maximum Gasteiger partial charge on any atom is 0.317 e. The van der Waals surface area contributed by atoms with Crippen LogP contribution in [0.2, 0.25) is 0 Å². The highest BCUT2D eigenvalue weighted by Crippen LogP contribution is 2.27. The number of likely N-dealkylation sites (N-methyl/N-ethyl adjacent to an activating group) is 1. The van der Waals surface area contributed by atoms with E-state index in [0.29, 0.717) is 37.7 Å². The van der Waals surface area contributed by atoms with Crippen molar-refractivity contribution in [3.63, 3.8) is 0 Å². The van der Waals surface area contributed by atoms with Crippen LogP contribution < -0.4 is 9.46 Å². The minimum absolute atomic E-state index is 0.0154. The van der Waals surface area contributed by atoms with Crippen LogP contribution in [0.1, 0.15) is 33.6 Å². The molecule has 7 nitrogen and oxygen atoms in total. The van der Waals surface area contributed by atoms with E-state index in [0.717, 1.165) is 0 Å². The van der Waals surface area contributed by atoms with Gasteiger partial charge in [-0.05, 0) is 49.6 Å². The summed E-state index contributed by atoms with van der Waals surface area (Å²) in [5.41, 5.74) is 0. The Morgan fingerprint density at radius 3 is 2.42 bits per heavy atom. The van der Waals surface area contributed by atoms with E-state index in [2.05, 4.69) is 4.72 Å². The third-order valence-corrected chi connectivity index (χ3v) is 5.95. The molecule has 8 heteroatoms. The highest BCUT2D eigenvalue weighted by Gasteiger charge is 2.36. The smallest absolute Gasteiger partial charge is 0.317 e. The van der Waals surface area contributed by atoms with E-state index in [-0.39, 0.29) is 23.5 Å². The fourth-order valence-corrected chi connectivity index (χ4v) is 4.18. The summed E-state index contributed by atoms with van der Waals surface area (Å²) in [6.45, 7) is 7.20. The summed E-state index contributed by atoms with van der Waals surface area (Å²) < 4.78 is 33.2. The van der Waals surface area contributed by atoms with Gasteiger partial charge in [0.05, 0.1) is 18.0 Å². The van der Waals surface area contributed by atoms with E-state index < -0.39 is 16.0 Å². The van der Waals surface area contributed by atoms with Gasteiger partial charge in [0.1, 0.15) is 5.75 Å². The molecule has 0 bridgehead atoms. The van der Waals surface area contributed by atoms with Gasteiger partial charge in [0.25, 0.3) is 0 Å². The molecule has 2 N–H and O–H groups in total. The molecule has 1 aromatic carbocycles. The molecular formula is C18H28N2O5S. The molecule has 0 spiro atoms. The van der Waals surface area contributed by atoms with Crippen molar-refractivity contribution >= 4 is 16.0 Å². The van der Waals surface area contributed by atoms with Gasteiger partial charge in [-0.2, -0.15) is 0 Å². The van der Waals surface area contributed by atoms with Crippen molar-refractivity contribution < 1.29 is 23.1 Å². The Kier molecular flexibility index (Phi) is 7.02. The zero-order valence-electron chi connectivity index (χ0n) is 15.5. The molecule has 1 aliphatic carbocycles. The molecule has 0 aromatic heterocycles. The van der Waals surface area contributed by atoms with Crippen LogP contribution in [0.4, 0.5) is 0 Å². The number of nitrogens with zero attached hydrogens (tertiary/aromatic N) is 1. The van der Waals surface area contributed by atoms with Gasteiger partial charge >= 0.3 is 5.97 Å². The van der Waals surface area contributed by atoms with Crippen molar-refractivity contribution in [1.29, 1.82) is 0 Å². The fraction of sp³-hybridized carbons (Fsp3) is 0.611. The van der Waals surface area contributed by atoms with Gasteiger partial charge < -0.3 is 9.84 Å². The first-order chi connectivity index (χ1) is 12.2. The second-order valence-corrected chi connectivity index (χ2v) is 8.79. The minimum Gasteiger partial charge on any atom is -0.493 e. The second kappa shape index (κ2) is 8.83. The molecule has 1 aromatic rings. The normalized spacial score (nSPS) is 20.2. The summed E-state index contributed by atoms with van der Waals surface area (Å²) in [4.78, 5) is 12.9. The number of aliphatic carboxylic acids is 1. The van der Waals surface area contributed by atoms with Gasteiger partial charge in [0.2, 0.25) is 10.0 Å². The third-order valence-electron chi connectivity index (χ3n) is 4.41. The molecule has 0 unspecified atom stereocenters. The number of carbonyl (C=O) groups is 1. The van der Waals surface area contributed by atoms with Crippen LogP contribution in [0, 0.1) is 5.92 Å². The summed E-state index contributed by atoms with van der Waals surface area (Å²) in [5.74, 6) is 0.180. The molecule has 0 radical (unpaired) electrons. The van der Waals surface area contributed by atoms with Gasteiger partial charge in [-0.25, -0.2) is 13.1 Å². The number of ether oxygens (including phenoxy) is 1. The molecule has 26 heavy (non-hydrogen) atoms. The second-order valence-electron chi connectivity index (χ2n) is 7.08. The van der Waals surface area contributed by atoms with Crippen LogP contribution >= 0.6 is 0 Å². The van der Waals surface area contributed by atoms with Gasteiger partial charge in [-0.3, -0.25) is 9.69 Å². The first kappa shape index (κ1) is 20.7. The van der Waals surface area contributed by atoms with Gasteiger partial charge in [-0.15, -0.1) is 0 Å². The van der Waals surface area contributed by atoms with E-state index in [4.69, 9.17) is 9.84 Å². The maximum atomic E-state index is 12.5. The van der Waals surface area contributed by atoms with E-state index in [1.807, 2.05) is 25.7 Å². The first-order valence-corrected chi connectivity index (χ1v) is 10.4. The number of carboxylic acid groups (broad SMARTS) is 1. The molecule has 0 aliphatic heterocycles. The van der Waals surface area contributed by atoms with Gasteiger partial charge in [0, 0.05) is 12.1 Å². The number of benzene rings is 1. The predicted octanol–water partition coefficient (Wildman–Crippen LogP) is 1.94. The highest BCUT2D eigenvalue weighted by atomic mass is 32.2. The largest absolute Gasteiger partial charge is 0.493 e. The monoisotopic (exact) mass is 384 g/mol. The Bertz CT molecular complexity index is 697. The fourth-order valence-electron chi connectivity index (χ4n) is 2.92. The molecule has 1 saturated carbocycles. The SMILES string of the molecule is CCN(CC(=O)O)C1CC(NS(=O)(=O)c2ccc(OCC(C)C)cc2)C1. The molecule has 0 atom stereocenters. The van der Waals surface area contributed by atoms with Crippen LogP contribution in [0.15, 0.2) is 29.2 Å². The quantitative estimate of drug-likeness (QED) is 0.640. The Labute approximate surface area is 155 Å². The van der Waals surface area contributed by atoms with Crippen molar-refractivity contribution in [2.75, 3.05) is 19.7 Å². The van der Waals surface area contributed by atoms with E-state index in [1.165, 1.54) is 12.1 Å². The number of sulfonamides is 1. The lowest BCUT2D eigenvalue weighted by atomic mass is 9.86. The van der Waals surface area contributed by atoms with Gasteiger partial charge in [0.15, 0.2) is 0 Å². The lowest BCUT2D eigenvalue weighted by Gasteiger charge is -2.42.